The number of methoxy groups -OCH3 is 1. The Balaban J connectivity index is 4.62. The standard InChI is InChI=1S/C14H25NO3/c1-6-7-8-15(13(16)9-11(2)3)10-12(4)14(17)18-5/h9,12H,6-8,10H2,1-5H3. The molecule has 0 N–H and O–H groups in total. The fraction of sp³-hybridized carbons (Fsp3) is 0.714. The summed E-state index contributed by atoms with van der Waals surface area (Å²) in [4.78, 5) is 25.1. The van der Waals surface area contributed by atoms with Crippen molar-refractivity contribution in [2.45, 2.75) is 40.5 Å². The molecular formula is C14H25NO3. The first-order chi connectivity index (χ1) is 8.42. The topological polar surface area (TPSA) is 46.6 Å². The van der Waals surface area contributed by atoms with Gasteiger partial charge in [-0.2, -0.15) is 0 Å². The van der Waals surface area contributed by atoms with Gasteiger partial charge in [0, 0.05) is 19.2 Å². The van der Waals surface area contributed by atoms with Crippen molar-refractivity contribution in [2.75, 3.05) is 20.2 Å². The van der Waals surface area contributed by atoms with E-state index in [9.17, 15) is 9.59 Å². The first-order valence-corrected chi connectivity index (χ1v) is 6.44. The number of nitrogens with zero attached hydrogens (tertiary/aromatic N) is 1. The molecule has 0 rings (SSSR count). The highest BCUT2D eigenvalue weighted by Gasteiger charge is 2.19. The van der Waals surface area contributed by atoms with Gasteiger partial charge in [-0.3, -0.25) is 9.59 Å². The maximum Gasteiger partial charge on any atom is 0.310 e. The average molecular weight is 255 g/mol. The molecule has 0 spiro atoms. The van der Waals surface area contributed by atoms with E-state index in [4.69, 9.17) is 0 Å². The SMILES string of the molecule is CCCCN(CC(C)C(=O)OC)C(=O)C=C(C)C. The minimum Gasteiger partial charge on any atom is -0.469 e. The van der Waals surface area contributed by atoms with Crippen molar-refractivity contribution in [3.05, 3.63) is 11.6 Å². The van der Waals surface area contributed by atoms with Crippen molar-refractivity contribution in [1.29, 1.82) is 0 Å². The van der Waals surface area contributed by atoms with E-state index >= 15 is 0 Å². The second-order valence-corrected chi connectivity index (χ2v) is 4.78. The summed E-state index contributed by atoms with van der Waals surface area (Å²) >= 11 is 0. The molecule has 0 radical (unpaired) electrons. The number of amides is 1. The number of rotatable bonds is 7. The number of carbonyl (C=O) groups is 2. The monoisotopic (exact) mass is 255 g/mol. The Morgan fingerprint density at radius 3 is 2.39 bits per heavy atom. The lowest BCUT2D eigenvalue weighted by Crippen LogP contribution is -2.37. The molecule has 0 bridgehead atoms. The number of hydrogen-bond acceptors (Lipinski definition) is 3. The molecule has 4 nitrogen and oxygen atoms in total. The van der Waals surface area contributed by atoms with Gasteiger partial charge < -0.3 is 9.64 Å². The zero-order chi connectivity index (χ0) is 14.1. The molecule has 0 fully saturated rings. The fourth-order valence-corrected chi connectivity index (χ4v) is 1.58. The fourth-order valence-electron chi connectivity index (χ4n) is 1.58. The zero-order valence-corrected chi connectivity index (χ0v) is 12.2. The predicted octanol–water partition coefficient (Wildman–Crippen LogP) is 2.39. The first-order valence-electron chi connectivity index (χ1n) is 6.44. The van der Waals surface area contributed by atoms with Gasteiger partial charge in [0.25, 0.3) is 0 Å². The zero-order valence-electron chi connectivity index (χ0n) is 12.2. The van der Waals surface area contributed by atoms with Gasteiger partial charge in [0.2, 0.25) is 5.91 Å². The third-order valence-electron chi connectivity index (χ3n) is 2.60. The molecule has 18 heavy (non-hydrogen) atoms. The Bertz CT molecular complexity index is 306. The molecule has 0 aliphatic carbocycles. The van der Waals surface area contributed by atoms with E-state index in [1.165, 1.54) is 7.11 Å². The van der Waals surface area contributed by atoms with Gasteiger partial charge in [-0.1, -0.05) is 25.8 Å². The van der Waals surface area contributed by atoms with Crippen LogP contribution in [0.3, 0.4) is 0 Å². The number of allylic oxidation sites excluding steroid dienone is 1. The van der Waals surface area contributed by atoms with Gasteiger partial charge in [0.05, 0.1) is 13.0 Å². The van der Waals surface area contributed by atoms with Crippen molar-refractivity contribution in [1.82, 2.24) is 4.90 Å². The summed E-state index contributed by atoms with van der Waals surface area (Å²) in [5, 5.41) is 0. The molecule has 0 aromatic rings. The molecule has 1 unspecified atom stereocenters. The van der Waals surface area contributed by atoms with Crippen molar-refractivity contribution in [2.24, 2.45) is 5.92 Å². The van der Waals surface area contributed by atoms with Crippen LogP contribution in [0.25, 0.3) is 0 Å². The van der Waals surface area contributed by atoms with Crippen LogP contribution in [0, 0.1) is 5.92 Å². The number of unbranched alkanes of at least 4 members (excludes halogenated alkanes) is 1. The maximum atomic E-state index is 12.0. The van der Waals surface area contributed by atoms with Crippen LogP contribution in [-0.4, -0.2) is 37.0 Å². The number of hydrogen-bond donors (Lipinski definition) is 0. The van der Waals surface area contributed by atoms with Crippen LogP contribution < -0.4 is 0 Å². The second kappa shape index (κ2) is 8.72. The van der Waals surface area contributed by atoms with Crippen LogP contribution in [0.5, 0.6) is 0 Å². The highest BCUT2D eigenvalue weighted by atomic mass is 16.5. The number of carbonyl (C=O) groups excluding carboxylic acids is 2. The number of ether oxygens (including phenoxy) is 1. The van der Waals surface area contributed by atoms with Gasteiger partial charge >= 0.3 is 5.97 Å². The van der Waals surface area contributed by atoms with Gasteiger partial charge in [-0.05, 0) is 20.3 Å². The summed E-state index contributed by atoms with van der Waals surface area (Å²) in [5.74, 6) is -0.595. The molecule has 0 aromatic carbocycles. The summed E-state index contributed by atoms with van der Waals surface area (Å²) in [5.41, 5.74) is 0.965. The van der Waals surface area contributed by atoms with Crippen LogP contribution in [0.1, 0.15) is 40.5 Å². The van der Waals surface area contributed by atoms with E-state index in [1.807, 2.05) is 13.8 Å². The van der Waals surface area contributed by atoms with Gasteiger partial charge in [-0.15, -0.1) is 0 Å². The quantitative estimate of drug-likeness (QED) is 0.518. The molecule has 4 heteroatoms. The van der Waals surface area contributed by atoms with E-state index < -0.39 is 0 Å². The summed E-state index contributed by atoms with van der Waals surface area (Å²) in [6.07, 6.45) is 3.57. The molecule has 0 saturated heterocycles. The average Bonchev–Trinajstić information content (AvgIpc) is 2.31. The van der Waals surface area contributed by atoms with E-state index in [2.05, 4.69) is 11.7 Å². The van der Waals surface area contributed by atoms with E-state index in [-0.39, 0.29) is 17.8 Å². The van der Waals surface area contributed by atoms with Crippen LogP contribution in [0.4, 0.5) is 0 Å². The Hall–Kier alpha value is -1.32. The Morgan fingerprint density at radius 2 is 1.94 bits per heavy atom. The first kappa shape index (κ1) is 16.7. The lowest BCUT2D eigenvalue weighted by Gasteiger charge is -2.24. The van der Waals surface area contributed by atoms with Crippen molar-refractivity contribution in [3.8, 4) is 0 Å². The third-order valence-corrected chi connectivity index (χ3v) is 2.60. The largest absolute Gasteiger partial charge is 0.469 e. The Labute approximate surface area is 110 Å². The summed E-state index contributed by atoms with van der Waals surface area (Å²) in [6, 6.07) is 0. The summed E-state index contributed by atoms with van der Waals surface area (Å²) < 4.78 is 4.69. The number of esters is 1. The smallest absolute Gasteiger partial charge is 0.310 e. The Kier molecular flexibility index (Phi) is 8.08. The van der Waals surface area contributed by atoms with Gasteiger partial charge in [-0.25, -0.2) is 0 Å². The predicted molar refractivity (Wildman–Crippen MR) is 72.1 cm³/mol. The third kappa shape index (κ3) is 6.42. The lowest BCUT2D eigenvalue weighted by molar-refractivity contribution is -0.146. The summed E-state index contributed by atoms with van der Waals surface area (Å²) in [6.45, 7) is 8.73. The van der Waals surface area contributed by atoms with Crippen molar-refractivity contribution >= 4 is 11.9 Å². The summed E-state index contributed by atoms with van der Waals surface area (Å²) in [7, 11) is 1.37. The second-order valence-electron chi connectivity index (χ2n) is 4.78. The lowest BCUT2D eigenvalue weighted by atomic mass is 10.1. The molecule has 1 atom stereocenters. The van der Waals surface area contributed by atoms with Gasteiger partial charge in [0.15, 0.2) is 0 Å². The highest BCUT2D eigenvalue weighted by molar-refractivity contribution is 5.88. The van der Waals surface area contributed by atoms with E-state index in [1.54, 1.807) is 17.9 Å². The highest BCUT2D eigenvalue weighted by Crippen LogP contribution is 2.06. The minimum atomic E-state index is -0.290. The van der Waals surface area contributed by atoms with Crippen LogP contribution in [0.15, 0.2) is 11.6 Å². The molecule has 0 aromatic heterocycles. The van der Waals surface area contributed by atoms with Crippen LogP contribution in [0.2, 0.25) is 0 Å². The van der Waals surface area contributed by atoms with E-state index in [0.717, 1.165) is 18.4 Å². The molecule has 0 aliphatic heterocycles. The maximum absolute atomic E-state index is 12.0. The molecule has 1 amide bonds. The molecule has 0 aliphatic rings. The molecule has 104 valence electrons. The van der Waals surface area contributed by atoms with E-state index in [0.29, 0.717) is 13.1 Å². The molecule has 0 heterocycles. The molecular weight excluding hydrogens is 230 g/mol. The van der Waals surface area contributed by atoms with Crippen molar-refractivity contribution < 1.29 is 14.3 Å². The Morgan fingerprint density at radius 1 is 1.33 bits per heavy atom. The normalized spacial score (nSPS) is 11.6. The van der Waals surface area contributed by atoms with Crippen molar-refractivity contribution in [3.63, 3.8) is 0 Å². The minimum absolute atomic E-state index is 0.0285. The molecule has 0 saturated carbocycles. The van der Waals surface area contributed by atoms with Crippen LogP contribution in [-0.2, 0) is 14.3 Å². The van der Waals surface area contributed by atoms with Gasteiger partial charge in [0.1, 0.15) is 0 Å². The van der Waals surface area contributed by atoms with Crippen LogP contribution >= 0.6 is 0 Å².